The highest BCUT2D eigenvalue weighted by molar-refractivity contribution is 7.90. The molecule has 3 N–H and O–H groups in total. The van der Waals surface area contributed by atoms with E-state index in [1.807, 2.05) is 0 Å². The van der Waals surface area contributed by atoms with Gasteiger partial charge in [0.1, 0.15) is 12.5 Å². The van der Waals surface area contributed by atoms with Gasteiger partial charge >= 0.3 is 0 Å². The molecule has 0 aromatic heterocycles. The minimum absolute atomic E-state index is 0.00818. The van der Waals surface area contributed by atoms with E-state index in [-0.39, 0.29) is 23.6 Å². The highest BCUT2D eigenvalue weighted by Crippen LogP contribution is 2.33. The summed E-state index contributed by atoms with van der Waals surface area (Å²) in [6, 6.07) is 6.39. The molecule has 3 aliphatic heterocycles. The fourth-order valence-electron chi connectivity index (χ4n) is 7.26. The lowest BCUT2D eigenvalue weighted by Gasteiger charge is -2.40. The quantitative estimate of drug-likeness (QED) is 0.552. The van der Waals surface area contributed by atoms with Gasteiger partial charge in [-0.1, -0.05) is 24.6 Å². The van der Waals surface area contributed by atoms with Gasteiger partial charge in [-0.2, -0.15) is 4.72 Å². The summed E-state index contributed by atoms with van der Waals surface area (Å²) in [7, 11) is -3.47. The van der Waals surface area contributed by atoms with Crippen molar-refractivity contribution in [2.45, 2.75) is 88.7 Å². The number of ether oxygens (including phenoxy) is 1. The van der Waals surface area contributed by atoms with Gasteiger partial charge in [-0.3, -0.25) is 20.4 Å². The van der Waals surface area contributed by atoms with Crippen molar-refractivity contribution in [1.82, 2.24) is 25.2 Å². The molecule has 5 fully saturated rings. The Hall–Kier alpha value is -1.07. The molecule has 1 aromatic rings. The lowest BCUT2D eigenvalue weighted by atomic mass is 9.88. The lowest BCUT2D eigenvalue weighted by Crippen LogP contribution is -2.64. The summed E-state index contributed by atoms with van der Waals surface area (Å²) < 4.78 is 37.0. The van der Waals surface area contributed by atoms with Gasteiger partial charge in [0, 0.05) is 51.7 Å². The second-order valence-corrected chi connectivity index (χ2v) is 14.4. The third-order valence-electron chi connectivity index (χ3n) is 9.26. The first-order valence-corrected chi connectivity index (χ1v) is 16.1. The monoisotopic (exact) mass is 531 g/mol. The van der Waals surface area contributed by atoms with Gasteiger partial charge < -0.3 is 4.74 Å². The number of nitrogens with one attached hydrogen (secondary N) is 3. The Morgan fingerprint density at radius 2 is 1.78 bits per heavy atom. The van der Waals surface area contributed by atoms with Crippen LogP contribution >= 0.6 is 0 Å². The molecule has 3 saturated heterocycles. The van der Waals surface area contributed by atoms with Crippen LogP contribution in [-0.2, 0) is 14.8 Å². The Kier molecular flexibility index (Phi) is 7.66. The van der Waals surface area contributed by atoms with Crippen LogP contribution in [0.2, 0.25) is 0 Å². The van der Waals surface area contributed by atoms with Crippen LogP contribution in [0.5, 0.6) is 0 Å². The van der Waals surface area contributed by atoms with Crippen molar-refractivity contribution in [1.29, 1.82) is 0 Å². The van der Waals surface area contributed by atoms with Crippen LogP contribution in [0.1, 0.15) is 67.7 Å². The van der Waals surface area contributed by atoms with Crippen LogP contribution in [0.25, 0.3) is 0 Å². The van der Waals surface area contributed by atoms with Crippen molar-refractivity contribution < 1.29 is 13.2 Å². The van der Waals surface area contributed by atoms with Gasteiger partial charge in [0.2, 0.25) is 10.0 Å². The third kappa shape index (κ3) is 6.24. The van der Waals surface area contributed by atoms with E-state index in [0.717, 1.165) is 70.7 Å². The van der Waals surface area contributed by atoms with Crippen molar-refractivity contribution in [3.63, 3.8) is 0 Å². The number of nitrogens with zero attached hydrogens (tertiary/aromatic N) is 2. The van der Waals surface area contributed by atoms with E-state index >= 15 is 0 Å². The topological polar surface area (TPSA) is 85.9 Å². The molecule has 6 unspecified atom stereocenters. The zero-order valence-electron chi connectivity index (χ0n) is 22.5. The molecule has 0 spiro atoms. The summed E-state index contributed by atoms with van der Waals surface area (Å²) in [5.41, 5.74) is 3.70. The molecule has 37 heavy (non-hydrogen) atoms. The lowest BCUT2D eigenvalue weighted by molar-refractivity contribution is -0.0759. The fourth-order valence-corrected chi connectivity index (χ4v) is 8.92. The molecule has 2 saturated carbocycles. The van der Waals surface area contributed by atoms with Crippen LogP contribution in [-0.4, -0.2) is 81.4 Å². The zero-order valence-corrected chi connectivity index (χ0v) is 23.3. The summed E-state index contributed by atoms with van der Waals surface area (Å²) in [4.78, 5) is 5.20. The van der Waals surface area contributed by atoms with Gasteiger partial charge in [-0.15, -0.1) is 0 Å². The van der Waals surface area contributed by atoms with E-state index in [0.29, 0.717) is 5.92 Å². The second kappa shape index (κ2) is 10.8. The van der Waals surface area contributed by atoms with Crippen molar-refractivity contribution in [2.75, 3.05) is 39.3 Å². The first-order chi connectivity index (χ1) is 17.8. The maximum atomic E-state index is 13.6. The predicted molar refractivity (Wildman–Crippen MR) is 145 cm³/mol. The minimum atomic E-state index is -3.47. The van der Waals surface area contributed by atoms with Crippen LogP contribution in [0.4, 0.5) is 0 Å². The number of sulfonamides is 1. The zero-order chi connectivity index (χ0) is 25.6. The molecule has 206 valence electrons. The number of fused-ring (bicyclic) bond motifs is 6. The summed E-state index contributed by atoms with van der Waals surface area (Å²) in [6.45, 7) is 10.5. The fraction of sp³-hybridized carbons (Fsp3) is 0.786. The van der Waals surface area contributed by atoms with Gasteiger partial charge in [-0.05, 0) is 74.5 Å². The van der Waals surface area contributed by atoms with Crippen molar-refractivity contribution in [3.8, 4) is 0 Å². The van der Waals surface area contributed by atoms with Gasteiger partial charge in [-0.25, -0.2) is 8.42 Å². The molecule has 8 nitrogen and oxygen atoms in total. The largest absolute Gasteiger partial charge is 0.357 e. The summed E-state index contributed by atoms with van der Waals surface area (Å²) in [5, 5.41) is 6.75. The molecule has 0 radical (unpaired) electrons. The highest BCUT2D eigenvalue weighted by atomic mass is 32.2. The Morgan fingerprint density at radius 1 is 0.973 bits per heavy atom. The summed E-state index contributed by atoms with van der Waals surface area (Å²) in [6.07, 6.45) is 6.41. The van der Waals surface area contributed by atoms with E-state index < -0.39 is 16.3 Å². The van der Waals surface area contributed by atoms with E-state index in [9.17, 15) is 8.42 Å². The molecule has 0 amide bonds. The van der Waals surface area contributed by atoms with Gasteiger partial charge in [0.25, 0.3) is 0 Å². The van der Waals surface area contributed by atoms with Gasteiger partial charge in [0.05, 0.1) is 11.4 Å². The molecular weight excluding hydrogens is 486 g/mol. The normalized spacial score (nSPS) is 39.0. The average Bonchev–Trinajstić information content (AvgIpc) is 3.67. The first-order valence-electron chi connectivity index (χ1n) is 14.5. The first kappa shape index (κ1) is 26.2. The van der Waals surface area contributed by atoms with E-state index in [4.69, 9.17) is 4.74 Å². The third-order valence-corrected chi connectivity index (χ3v) is 11.1. The Labute approximate surface area is 222 Å². The molecular formula is C28H45N5O3S. The second-order valence-electron chi connectivity index (χ2n) is 12.4. The van der Waals surface area contributed by atoms with E-state index in [2.05, 4.69) is 57.2 Å². The van der Waals surface area contributed by atoms with Crippen LogP contribution in [0.3, 0.4) is 0 Å². The Bertz CT molecular complexity index is 1040. The van der Waals surface area contributed by atoms with Crippen LogP contribution < -0.4 is 15.4 Å². The van der Waals surface area contributed by atoms with Crippen molar-refractivity contribution >= 4 is 10.0 Å². The van der Waals surface area contributed by atoms with E-state index in [1.165, 1.54) is 36.1 Å². The van der Waals surface area contributed by atoms with Crippen LogP contribution in [0.15, 0.2) is 18.2 Å². The molecule has 7 atom stereocenters. The van der Waals surface area contributed by atoms with Crippen molar-refractivity contribution in [3.05, 3.63) is 34.9 Å². The molecule has 5 aliphatic rings. The maximum Gasteiger partial charge on any atom is 0.216 e. The van der Waals surface area contributed by atoms with Crippen molar-refractivity contribution in [2.24, 2.45) is 11.8 Å². The summed E-state index contributed by atoms with van der Waals surface area (Å²) in [5.74, 6) is 1.29. The molecule has 6 bridgehead atoms. The molecule has 9 heteroatoms. The molecule has 1 aromatic carbocycles. The number of benzene rings is 1. The molecule has 2 aliphatic carbocycles. The number of rotatable bonds is 3. The smallest absolute Gasteiger partial charge is 0.216 e. The maximum absolute atomic E-state index is 13.6. The predicted octanol–water partition coefficient (Wildman–Crippen LogP) is 2.44. The standard InChI is InChI=1S/C28H45N5O3S/c1-19-5-3-6-20(2)27(19)25-14-26-30-28(29-25)31-37(34,35)24-8-4-7-22(13-24)16-33-12-11-32(15-21-9-10-21)17-23(18-33)36-26/h3,5-6,21-26,28-31H,4,7-18H2,1-2H3/t22?,23-,24?,25?,26?,28?/m1/s1. The number of hydrogen-bond acceptors (Lipinski definition) is 7. The molecule has 6 rings (SSSR count). The number of aryl methyl sites for hydroxylation is 2. The Morgan fingerprint density at radius 3 is 2.57 bits per heavy atom. The van der Waals surface area contributed by atoms with E-state index in [1.54, 1.807) is 0 Å². The Balaban J connectivity index is 1.30. The molecule has 3 heterocycles. The summed E-state index contributed by atoms with van der Waals surface area (Å²) >= 11 is 0. The highest BCUT2D eigenvalue weighted by Gasteiger charge is 2.40. The minimum Gasteiger partial charge on any atom is -0.357 e. The number of hydrogen-bond donors (Lipinski definition) is 3. The van der Waals surface area contributed by atoms with Gasteiger partial charge in [0.15, 0.2) is 0 Å². The average molecular weight is 532 g/mol. The SMILES string of the molecule is Cc1cccc(C)c1C1CC2NC(N1)NS(=O)(=O)C1CCCC(C1)CN1CCN(CC3CC3)C[C@H](C1)O2. The van der Waals surface area contributed by atoms with Crippen LogP contribution in [0, 0.1) is 25.7 Å².